The number of aromatic nitrogens is 2. The molecule has 1 N–H and O–H groups in total. The van der Waals surface area contributed by atoms with Crippen molar-refractivity contribution in [2.45, 2.75) is 20.3 Å². The Labute approximate surface area is 169 Å². The molecule has 0 saturated heterocycles. The first-order chi connectivity index (χ1) is 13.5. The van der Waals surface area contributed by atoms with Crippen molar-refractivity contribution < 1.29 is 14.3 Å². The number of hydrogen-bond donors (Lipinski definition) is 1. The predicted octanol–water partition coefficient (Wildman–Crippen LogP) is 3.50. The summed E-state index contributed by atoms with van der Waals surface area (Å²) in [5, 5.41) is 9.47. The van der Waals surface area contributed by atoms with E-state index in [1.807, 2.05) is 19.1 Å². The van der Waals surface area contributed by atoms with Crippen LogP contribution in [-0.4, -0.2) is 34.1 Å². The van der Waals surface area contributed by atoms with Gasteiger partial charge >= 0.3 is 5.97 Å². The molecule has 2 aromatic heterocycles. The summed E-state index contributed by atoms with van der Waals surface area (Å²) < 4.78 is 6.25. The molecule has 146 valence electrons. The molecule has 9 heteroatoms. The molecular formula is C19H18ClN3O4S. The number of amides is 1. The van der Waals surface area contributed by atoms with E-state index in [9.17, 15) is 14.4 Å². The number of benzene rings is 1. The van der Waals surface area contributed by atoms with Crippen LogP contribution < -0.4 is 10.9 Å². The molecule has 0 spiro atoms. The lowest BCUT2D eigenvalue weighted by atomic mass is 10.2. The average molecular weight is 420 g/mol. The number of aryl methyl sites for hydroxylation is 1. The molecule has 1 aromatic carbocycles. The van der Waals surface area contributed by atoms with Gasteiger partial charge in [-0.15, -0.1) is 22.9 Å². The topological polar surface area (TPSA) is 90.3 Å². The maximum atomic E-state index is 13.1. The van der Waals surface area contributed by atoms with Crippen molar-refractivity contribution >= 4 is 50.6 Å². The highest BCUT2D eigenvalue weighted by Gasteiger charge is 2.23. The smallest absolute Gasteiger partial charge is 0.359 e. The molecule has 0 radical (unpaired) electrons. The minimum atomic E-state index is -0.634. The summed E-state index contributed by atoms with van der Waals surface area (Å²) in [7, 11) is 0. The van der Waals surface area contributed by atoms with Crippen LogP contribution in [0.25, 0.3) is 16.5 Å². The van der Waals surface area contributed by atoms with Crippen LogP contribution in [0.1, 0.15) is 29.4 Å². The Hall–Kier alpha value is -2.71. The number of carbonyl (C=O) groups is 2. The Morgan fingerprint density at radius 1 is 1.29 bits per heavy atom. The van der Waals surface area contributed by atoms with Crippen LogP contribution in [0.15, 0.2) is 34.4 Å². The van der Waals surface area contributed by atoms with E-state index in [0.29, 0.717) is 16.1 Å². The molecule has 1 amide bonds. The van der Waals surface area contributed by atoms with Gasteiger partial charge in [-0.05, 0) is 26.0 Å². The maximum absolute atomic E-state index is 13.1. The van der Waals surface area contributed by atoms with Gasteiger partial charge < -0.3 is 10.1 Å². The molecule has 3 rings (SSSR count). The van der Waals surface area contributed by atoms with Crippen LogP contribution in [0.2, 0.25) is 0 Å². The average Bonchev–Trinajstić information content (AvgIpc) is 3.07. The molecular weight excluding hydrogens is 402 g/mol. The molecule has 0 atom stereocenters. The molecule has 0 aliphatic rings. The van der Waals surface area contributed by atoms with E-state index in [4.69, 9.17) is 16.3 Å². The van der Waals surface area contributed by atoms with Gasteiger partial charge in [0.2, 0.25) is 5.91 Å². The number of alkyl halides is 1. The monoisotopic (exact) mass is 419 g/mol. The van der Waals surface area contributed by atoms with E-state index in [1.165, 1.54) is 0 Å². The molecule has 0 aliphatic carbocycles. The second-order valence-electron chi connectivity index (χ2n) is 5.96. The minimum absolute atomic E-state index is 0.0196. The number of thiophene rings is 1. The lowest BCUT2D eigenvalue weighted by Crippen LogP contribution is -2.25. The molecule has 0 fully saturated rings. The lowest BCUT2D eigenvalue weighted by molar-refractivity contribution is -0.115. The summed E-state index contributed by atoms with van der Waals surface area (Å²) in [4.78, 5) is 37.6. The predicted molar refractivity (Wildman–Crippen MR) is 110 cm³/mol. The van der Waals surface area contributed by atoms with Crippen LogP contribution in [0.5, 0.6) is 0 Å². The maximum Gasteiger partial charge on any atom is 0.359 e. The first-order valence-corrected chi connectivity index (χ1v) is 10.0. The second-order valence-corrected chi connectivity index (χ2v) is 7.22. The number of anilines is 1. The Bertz CT molecular complexity index is 1090. The van der Waals surface area contributed by atoms with Crippen molar-refractivity contribution in [1.29, 1.82) is 0 Å². The zero-order valence-corrected chi connectivity index (χ0v) is 16.9. The van der Waals surface area contributed by atoms with Gasteiger partial charge in [-0.1, -0.05) is 17.7 Å². The number of rotatable bonds is 6. The van der Waals surface area contributed by atoms with E-state index in [0.717, 1.165) is 21.6 Å². The summed E-state index contributed by atoms with van der Waals surface area (Å²) in [6.07, 6.45) is 0.114. The molecule has 0 saturated carbocycles. The van der Waals surface area contributed by atoms with Gasteiger partial charge in [-0.3, -0.25) is 9.59 Å². The number of carbonyl (C=O) groups excluding carboxylic acids is 2. The number of ether oxygens (including phenoxy) is 1. The van der Waals surface area contributed by atoms with Gasteiger partial charge in [0.25, 0.3) is 5.56 Å². The molecule has 0 bridgehead atoms. The molecule has 2 heterocycles. The van der Waals surface area contributed by atoms with Crippen molar-refractivity contribution in [3.05, 3.63) is 51.3 Å². The van der Waals surface area contributed by atoms with Crippen LogP contribution in [0.3, 0.4) is 0 Å². The third-order valence-electron chi connectivity index (χ3n) is 3.97. The van der Waals surface area contributed by atoms with Crippen molar-refractivity contribution in [1.82, 2.24) is 9.78 Å². The van der Waals surface area contributed by atoms with Gasteiger partial charge in [0.05, 0.1) is 17.7 Å². The van der Waals surface area contributed by atoms with Crippen LogP contribution in [0.4, 0.5) is 5.00 Å². The third kappa shape index (κ3) is 3.93. The van der Waals surface area contributed by atoms with Crippen LogP contribution >= 0.6 is 22.9 Å². The Morgan fingerprint density at radius 2 is 2.00 bits per heavy atom. The minimum Gasteiger partial charge on any atom is -0.461 e. The normalized spacial score (nSPS) is 10.8. The highest BCUT2D eigenvalue weighted by Crippen LogP contribution is 2.30. The van der Waals surface area contributed by atoms with Crippen molar-refractivity contribution in [3.63, 3.8) is 0 Å². The summed E-state index contributed by atoms with van der Waals surface area (Å²) in [5.74, 6) is -0.780. The number of nitrogens with one attached hydrogen (secondary N) is 1. The first-order valence-electron chi connectivity index (χ1n) is 8.60. The van der Waals surface area contributed by atoms with Gasteiger partial charge in [0.1, 0.15) is 5.00 Å². The number of fused-ring (bicyclic) bond motifs is 1. The number of hydrogen-bond acceptors (Lipinski definition) is 6. The molecule has 0 unspecified atom stereocenters. The molecule has 28 heavy (non-hydrogen) atoms. The van der Waals surface area contributed by atoms with E-state index in [-0.39, 0.29) is 35.9 Å². The van der Waals surface area contributed by atoms with Crippen molar-refractivity contribution in [2.75, 3.05) is 17.8 Å². The summed E-state index contributed by atoms with van der Waals surface area (Å²) in [6.45, 7) is 3.79. The fourth-order valence-corrected chi connectivity index (χ4v) is 3.75. The van der Waals surface area contributed by atoms with Gasteiger partial charge in [0.15, 0.2) is 5.69 Å². The van der Waals surface area contributed by atoms with Crippen LogP contribution in [0, 0.1) is 6.92 Å². The largest absolute Gasteiger partial charge is 0.461 e. The Morgan fingerprint density at radius 3 is 2.64 bits per heavy atom. The standard InChI is InChI=1S/C19H18ClN3O4S/c1-3-27-19(26)16-13-10-28-17(21-14(24)8-9-20)15(13)18(25)23(22-16)12-6-4-11(2)5-7-12/h4-7,10H,3,8-9H2,1-2H3,(H,21,24). The second kappa shape index (κ2) is 8.53. The fraction of sp³-hybridized carbons (Fsp3) is 0.263. The van der Waals surface area contributed by atoms with Gasteiger partial charge in [-0.2, -0.15) is 9.78 Å². The molecule has 3 aromatic rings. The highest BCUT2D eigenvalue weighted by molar-refractivity contribution is 7.16. The number of halogens is 1. The summed E-state index contributed by atoms with van der Waals surface area (Å²) >= 11 is 6.76. The number of nitrogens with zero attached hydrogens (tertiary/aromatic N) is 2. The zero-order valence-electron chi connectivity index (χ0n) is 15.3. The first kappa shape index (κ1) is 20.0. The van der Waals surface area contributed by atoms with E-state index >= 15 is 0 Å². The van der Waals surface area contributed by atoms with Crippen LogP contribution in [-0.2, 0) is 9.53 Å². The lowest BCUT2D eigenvalue weighted by Gasteiger charge is -2.10. The third-order valence-corrected chi connectivity index (χ3v) is 5.06. The Kier molecular flexibility index (Phi) is 6.11. The van der Waals surface area contributed by atoms with E-state index in [2.05, 4.69) is 10.4 Å². The number of esters is 1. The fourth-order valence-electron chi connectivity index (χ4n) is 2.63. The Balaban J connectivity index is 2.24. The van der Waals surface area contributed by atoms with Gasteiger partial charge in [0, 0.05) is 23.1 Å². The molecule has 7 nitrogen and oxygen atoms in total. The highest BCUT2D eigenvalue weighted by atomic mass is 35.5. The molecule has 0 aliphatic heterocycles. The van der Waals surface area contributed by atoms with Crippen molar-refractivity contribution in [2.24, 2.45) is 0 Å². The zero-order chi connectivity index (χ0) is 20.3. The SMILES string of the molecule is CCOC(=O)c1nn(-c2ccc(C)cc2)c(=O)c2c(NC(=O)CCCl)scc12. The summed E-state index contributed by atoms with van der Waals surface area (Å²) in [5.41, 5.74) is 1.11. The quantitative estimate of drug-likeness (QED) is 0.487. The van der Waals surface area contributed by atoms with Crippen molar-refractivity contribution in [3.8, 4) is 5.69 Å². The van der Waals surface area contributed by atoms with E-state index in [1.54, 1.807) is 24.4 Å². The summed E-state index contributed by atoms with van der Waals surface area (Å²) in [6, 6.07) is 7.16. The van der Waals surface area contributed by atoms with E-state index < -0.39 is 11.5 Å². The van der Waals surface area contributed by atoms with Gasteiger partial charge in [-0.25, -0.2) is 4.79 Å².